The van der Waals surface area contributed by atoms with Gasteiger partial charge in [0.15, 0.2) is 5.82 Å². The van der Waals surface area contributed by atoms with E-state index in [0.29, 0.717) is 25.3 Å². The van der Waals surface area contributed by atoms with Crippen molar-refractivity contribution in [1.82, 2.24) is 15.1 Å². The zero-order chi connectivity index (χ0) is 22.3. The van der Waals surface area contributed by atoms with Crippen LogP contribution in [0.15, 0.2) is 42.6 Å². The molecule has 2 aromatic rings. The molecule has 7 nitrogen and oxygen atoms in total. The normalized spacial score (nSPS) is 18.9. The fraction of sp³-hybridized carbons (Fsp3) is 0.440. The van der Waals surface area contributed by atoms with E-state index in [1.807, 2.05) is 29.2 Å². The molecular weight excluding hydrogens is 402 g/mol. The summed E-state index contributed by atoms with van der Waals surface area (Å²) in [5, 5.41) is 11.1. The first-order chi connectivity index (χ1) is 15.6. The number of nitrogens with one attached hydrogen (secondary N) is 1. The number of nitrogens with zero attached hydrogens (tertiary/aromatic N) is 4. The molecule has 2 saturated heterocycles. The Balaban J connectivity index is 1.26. The first kappa shape index (κ1) is 21.8. The van der Waals surface area contributed by atoms with Crippen LogP contribution in [0.5, 0.6) is 0 Å². The van der Waals surface area contributed by atoms with E-state index in [0.717, 1.165) is 50.4 Å². The number of amides is 2. The standard InChI is InChI=1S/C25H29N5O2/c1-2-3-6-24(31)29-15-11-20(12-16-29)19-7-9-22(10-8-19)27-25(32)21-13-17-30(18-21)23-5-4-14-26-28-23/h1,4-5,7-10,14,20-21H,3,6,11-13,15-18H2,(H,27,32)/t21-/m0/s1. The molecule has 166 valence electrons. The number of hydrogen-bond donors (Lipinski definition) is 1. The Kier molecular flexibility index (Phi) is 7.00. The molecule has 2 aliphatic rings. The van der Waals surface area contributed by atoms with Crippen molar-refractivity contribution in [3.8, 4) is 12.3 Å². The SMILES string of the molecule is C#CCCC(=O)N1CCC(c2ccc(NC(=O)[C@H]3CCN(c4cccnn4)C3)cc2)CC1. The van der Waals surface area contributed by atoms with Gasteiger partial charge in [-0.15, -0.1) is 17.4 Å². The van der Waals surface area contributed by atoms with Crippen LogP contribution in [0, 0.1) is 18.3 Å². The molecule has 0 unspecified atom stereocenters. The molecule has 0 spiro atoms. The van der Waals surface area contributed by atoms with E-state index in [-0.39, 0.29) is 17.7 Å². The highest BCUT2D eigenvalue weighted by Crippen LogP contribution is 2.29. The van der Waals surface area contributed by atoms with Crippen LogP contribution >= 0.6 is 0 Å². The van der Waals surface area contributed by atoms with E-state index in [2.05, 4.69) is 38.5 Å². The molecule has 1 N–H and O–H groups in total. The highest BCUT2D eigenvalue weighted by molar-refractivity contribution is 5.93. The topological polar surface area (TPSA) is 78.4 Å². The van der Waals surface area contributed by atoms with Crippen LogP contribution in [0.2, 0.25) is 0 Å². The van der Waals surface area contributed by atoms with Crippen LogP contribution in [-0.2, 0) is 9.59 Å². The smallest absolute Gasteiger partial charge is 0.229 e. The number of piperidine rings is 1. The lowest BCUT2D eigenvalue weighted by Crippen LogP contribution is -2.37. The average molecular weight is 432 g/mol. The van der Waals surface area contributed by atoms with E-state index in [4.69, 9.17) is 6.42 Å². The van der Waals surface area contributed by atoms with Crippen molar-refractivity contribution in [3.05, 3.63) is 48.2 Å². The Morgan fingerprint density at radius 1 is 1.09 bits per heavy atom. The van der Waals surface area contributed by atoms with E-state index in [1.54, 1.807) is 6.20 Å². The summed E-state index contributed by atoms with van der Waals surface area (Å²) in [6, 6.07) is 11.9. The van der Waals surface area contributed by atoms with E-state index in [9.17, 15) is 9.59 Å². The molecule has 1 aromatic carbocycles. The molecule has 1 aromatic heterocycles. The van der Waals surface area contributed by atoms with Crippen molar-refractivity contribution in [2.45, 2.75) is 38.0 Å². The van der Waals surface area contributed by atoms with Crippen molar-refractivity contribution < 1.29 is 9.59 Å². The molecule has 2 aliphatic heterocycles. The van der Waals surface area contributed by atoms with Gasteiger partial charge in [-0.2, -0.15) is 5.10 Å². The molecule has 0 radical (unpaired) electrons. The number of rotatable bonds is 6. The molecule has 0 aliphatic carbocycles. The average Bonchev–Trinajstić information content (AvgIpc) is 3.34. The zero-order valence-electron chi connectivity index (χ0n) is 18.2. The quantitative estimate of drug-likeness (QED) is 0.712. The van der Waals surface area contributed by atoms with Crippen molar-refractivity contribution >= 4 is 23.3 Å². The number of carbonyl (C=O) groups is 2. The second-order valence-electron chi connectivity index (χ2n) is 8.48. The fourth-order valence-electron chi connectivity index (χ4n) is 4.53. The largest absolute Gasteiger partial charge is 0.354 e. The summed E-state index contributed by atoms with van der Waals surface area (Å²) in [7, 11) is 0. The lowest BCUT2D eigenvalue weighted by molar-refractivity contribution is -0.132. The summed E-state index contributed by atoms with van der Waals surface area (Å²) in [5.41, 5.74) is 2.08. The third kappa shape index (κ3) is 5.25. The Morgan fingerprint density at radius 3 is 2.56 bits per heavy atom. The highest BCUT2D eigenvalue weighted by atomic mass is 16.2. The first-order valence-electron chi connectivity index (χ1n) is 11.3. The maximum Gasteiger partial charge on any atom is 0.229 e. The third-order valence-electron chi connectivity index (χ3n) is 6.42. The lowest BCUT2D eigenvalue weighted by Gasteiger charge is -2.32. The number of terminal acetylenes is 1. The second-order valence-corrected chi connectivity index (χ2v) is 8.48. The van der Waals surface area contributed by atoms with Crippen LogP contribution in [0.4, 0.5) is 11.5 Å². The number of carbonyl (C=O) groups excluding carboxylic acids is 2. The molecule has 3 heterocycles. The molecular formula is C25H29N5O2. The maximum absolute atomic E-state index is 12.7. The predicted molar refractivity (Wildman–Crippen MR) is 124 cm³/mol. The summed E-state index contributed by atoms with van der Waals surface area (Å²) >= 11 is 0. The number of aromatic nitrogens is 2. The molecule has 2 fully saturated rings. The second kappa shape index (κ2) is 10.3. The van der Waals surface area contributed by atoms with Gasteiger partial charge in [-0.25, -0.2) is 0 Å². The van der Waals surface area contributed by atoms with Gasteiger partial charge in [0.25, 0.3) is 0 Å². The minimum Gasteiger partial charge on any atom is -0.354 e. The summed E-state index contributed by atoms with van der Waals surface area (Å²) in [5.74, 6) is 3.92. The highest BCUT2D eigenvalue weighted by Gasteiger charge is 2.29. The van der Waals surface area contributed by atoms with Crippen LogP contribution < -0.4 is 10.2 Å². The minimum absolute atomic E-state index is 0.0444. The van der Waals surface area contributed by atoms with Crippen LogP contribution in [-0.4, -0.2) is 53.1 Å². The lowest BCUT2D eigenvalue weighted by atomic mass is 9.89. The van der Waals surface area contributed by atoms with Gasteiger partial charge >= 0.3 is 0 Å². The fourth-order valence-corrected chi connectivity index (χ4v) is 4.53. The van der Waals surface area contributed by atoms with Gasteiger partial charge in [0, 0.05) is 50.9 Å². The Morgan fingerprint density at radius 2 is 1.88 bits per heavy atom. The maximum atomic E-state index is 12.7. The van der Waals surface area contributed by atoms with E-state index < -0.39 is 0 Å². The zero-order valence-corrected chi connectivity index (χ0v) is 18.2. The number of benzene rings is 1. The van der Waals surface area contributed by atoms with Gasteiger partial charge in [0.2, 0.25) is 11.8 Å². The Bertz CT molecular complexity index is 962. The van der Waals surface area contributed by atoms with Gasteiger partial charge < -0.3 is 15.1 Å². The van der Waals surface area contributed by atoms with Crippen LogP contribution in [0.1, 0.15) is 43.6 Å². The van der Waals surface area contributed by atoms with Gasteiger partial charge in [-0.05, 0) is 55.0 Å². The van der Waals surface area contributed by atoms with E-state index >= 15 is 0 Å². The summed E-state index contributed by atoms with van der Waals surface area (Å²) < 4.78 is 0. The predicted octanol–water partition coefficient (Wildman–Crippen LogP) is 3.06. The number of anilines is 2. The minimum atomic E-state index is -0.0620. The van der Waals surface area contributed by atoms with Crippen molar-refractivity contribution in [1.29, 1.82) is 0 Å². The van der Waals surface area contributed by atoms with Crippen LogP contribution in [0.3, 0.4) is 0 Å². The third-order valence-corrected chi connectivity index (χ3v) is 6.42. The molecule has 1 atom stereocenters. The molecule has 0 bridgehead atoms. The molecule has 0 saturated carbocycles. The number of likely N-dealkylation sites (tertiary alicyclic amines) is 1. The summed E-state index contributed by atoms with van der Waals surface area (Å²) in [6.45, 7) is 3.01. The van der Waals surface area contributed by atoms with Gasteiger partial charge in [0.1, 0.15) is 0 Å². The summed E-state index contributed by atoms with van der Waals surface area (Å²) in [6.07, 6.45) is 10.6. The van der Waals surface area contributed by atoms with Crippen molar-refractivity contribution in [3.63, 3.8) is 0 Å². The van der Waals surface area contributed by atoms with Crippen molar-refractivity contribution in [2.75, 3.05) is 36.4 Å². The van der Waals surface area contributed by atoms with E-state index in [1.165, 1.54) is 5.56 Å². The molecule has 4 rings (SSSR count). The summed E-state index contributed by atoms with van der Waals surface area (Å²) in [4.78, 5) is 28.9. The molecule has 32 heavy (non-hydrogen) atoms. The van der Waals surface area contributed by atoms with Gasteiger partial charge in [0.05, 0.1) is 5.92 Å². The molecule has 2 amide bonds. The number of hydrogen-bond acceptors (Lipinski definition) is 5. The van der Waals surface area contributed by atoms with Crippen LogP contribution in [0.25, 0.3) is 0 Å². The molecule has 7 heteroatoms. The first-order valence-corrected chi connectivity index (χ1v) is 11.3. The van der Waals surface area contributed by atoms with Crippen molar-refractivity contribution in [2.24, 2.45) is 5.92 Å². The monoisotopic (exact) mass is 431 g/mol. The van der Waals surface area contributed by atoms with Gasteiger partial charge in [-0.3, -0.25) is 9.59 Å². The Labute approximate surface area is 189 Å². The Hall–Kier alpha value is -3.40. The van der Waals surface area contributed by atoms with Gasteiger partial charge in [-0.1, -0.05) is 12.1 Å².